The first-order chi connectivity index (χ1) is 10.1. The van der Waals surface area contributed by atoms with Gasteiger partial charge in [0.1, 0.15) is 13.2 Å². The highest BCUT2D eigenvalue weighted by Crippen LogP contribution is 2.44. The van der Waals surface area contributed by atoms with Crippen LogP contribution in [-0.4, -0.2) is 13.2 Å². The molecule has 0 amide bonds. The highest BCUT2D eigenvalue weighted by atomic mass is 79.9. The van der Waals surface area contributed by atoms with E-state index in [9.17, 15) is 0 Å². The maximum Gasteiger partial charge on any atom is 0.162 e. The number of alkyl halides is 1. The van der Waals surface area contributed by atoms with Crippen molar-refractivity contribution in [1.29, 1.82) is 0 Å². The molecule has 0 N–H and O–H groups in total. The quantitative estimate of drug-likeness (QED) is 0.466. The maximum absolute atomic E-state index is 6.31. The number of hydrogen-bond acceptors (Lipinski definition) is 2. The number of benzene rings is 2. The molecule has 0 saturated carbocycles. The van der Waals surface area contributed by atoms with E-state index >= 15 is 0 Å². The van der Waals surface area contributed by atoms with Crippen LogP contribution in [0.1, 0.15) is 16.0 Å². The molecule has 2 aromatic carbocycles. The largest absolute Gasteiger partial charge is 0.486 e. The van der Waals surface area contributed by atoms with Crippen LogP contribution in [0.4, 0.5) is 0 Å². The fourth-order valence-corrected chi connectivity index (χ4v) is 4.50. The zero-order valence-electron chi connectivity index (χ0n) is 10.7. The van der Waals surface area contributed by atoms with Crippen LogP contribution < -0.4 is 9.47 Å². The minimum atomic E-state index is -0.0484. The summed E-state index contributed by atoms with van der Waals surface area (Å²) in [4.78, 5) is -0.0484. The number of hydrogen-bond donors (Lipinski definition) is 0. The summed E-state index contributed by atoms with van der Waals surface area (Å²) in [6, 6.07) is 9.72. The predicted octanol–water partition coefficient (Wildman–Crippen LogP) is 6.12. The Morgan fingerprint density at radius 2 is 1.62 bits per heavy atom. The lowest BCUT2D eigenvalue weighted by Crippen LogP contribution is -2.15. The van der Waals surface area contributed by atoms with Gasteiger partial charge in [-0.25, -0.2) is 0 Å². The van der Waals surface area contributed by atoms with E-state index in [0.717, 1.165) is 31.6 Å². The first-order valence-electron chi connectivity index (χ1n) is 6.24. The Balaban J connectivity index is 2.05. The molecule has 0 saturated heterocycles. The summed E-state index contributed by atoms with van der Waals surface area (Å²) in [7, 11) is 0. The van der Waals surface area contributed by atoms with Crippen LogP contribution in [0.25, 0.3) is 0 Å². The fraction of sp³-hybridized carbons (Fsp3) is 0.200. The minimum absolute atomic E-state index is 0.0484. The minimum Gasteiger partial charge on any atom is -0.486 e. The molecule has 0 radical (unpaired) electrons. The van der Waals surface area contributed by atoms with Gasteiger partial charge in [-0.2, -0.15) is 0 Å². The molecule has 1 aliphatic heterocycles. The highest BCUT2D eigenvalue weighted by molar-refractivity contribution is 9.11. The van der Waals surface area contributed by atoms with Gasteiger partial charge in [0.2, 0.25) is 0 Å². The molecule has 21 heavy (non-hydrogen) atoms. The summed E-state index contributed by atoms with van der Waals surface area (Å²) < 4.78 is 13.2. The number of rotatable bonds is 2. The predicted molar refractivity (Wildman–Crippen MR) is 95.1 cm³/mol. The first kappa shape index (κ1) is 15.7. The molecule has 2 aromatic rings. The molecule has 0 aromatic heterocycles. The fourth-order valence-electron chi connectivity index (χ4n) is 2.15. The summed E-state index contributed by atoms with van der Waals surface area (Å²) in [5.41, 5.74) is 2.03. The van der Waals surface area contributed by atoms with Crippen molar-refractivity contribution in [3.8, 4) is 11.5 Å². The Hall–Kier alpha value is -0.230. The second-order valence-electron chi connectivity index (χ2n) is 4.55. The SMILES string of the molecule is Clc1ccc(Br)cc1C(Br)c1cc2c(cc1Br)OCCO2. The molecular weight excluding hydrogens is 487 g/mol. The van der Waals surface area contributed by atoms with Crippen LogP contribution in [-0.2, 0) is 0 Å². The first-order valence-corrected chi connectivity index (χ1v) is 9.12. The van der Waals surface area contributed by atoms with Crippen LogP contribution in [0.3, 0.4) is 0 Å². The summed E-state index contributed by atoms with van der Waals surface area (Å²) in [6.45, 7) is 1.15. The van der Waals surface area contributed by atoms with Crippen molar-refractivity contribution in [2.75, 3.05) is 13.2 Å². The third-order valence-electron chi connectivity index (χ3n) is 3.17. The molecule has 110 valence electrons. The number of ether oxygens (including phenoxy) is 2. The third-order valence-corrected chi connectivity index (χ3v) is 5.68. The molecule has 1 unspecified atom stereocenters. The molecule has 1 aliphatic rings. The van der Waals surface area contributed by atoms with Crippen molar-refractivity contribution in [3.05, 3.63) is 55.4 Å². The van der Waals surface area contributed by atoms with E-state index in [2.05, 4.69) is 47.8 Å². The lowest BCUT2D eigenvalue weighted by Gasteiger charge is -2.22. The topological polar surface area (TPSA) is 18.5 Å². The average molecular weight is 497 g/mol. The molecule has 0 aliphatic carbocycles. The Morgan fingerprint density at radius 1 is 0.952 bits per heavy atom. The van der Waals surface area contributed by atoms with Crippen LogP contribution in [0.15, 0.2) is 39.3 Å². The van der Waals surface area contributed by atoms with Crippen molar-refractivity contribution >= 4 is 59.4 Å². The standard InChI is InChI=1S/C15H10Br3ClO2/c16-8-1-2-12(19)10(5-8)15(18)9-6-13-14(7-11(9)17)21-4-3-20-13/h1-2,5-7,15H,3-4H2. The van der Waals surface area contributed by atoms with Gasteiger partial charge in [-0.15, -0.1) is 0 Å². The molecule has 0 spiro atoms. The van der Waals surface area contributed by atoms with Gasteiger partial charge in [0.15, 0.2) is 11.5 Å². The summed E-state index contributed by atoms with van der Waals surface area (Å²) in [5.74, 6) is 1.52. The third kappa shape index (κ3) is 3.26. The monoisotopic (exact) mass is 494 g/mol. The van der Waals surface area contributed by atoms with Gasteiger partial charge in [-0.1, -0.05) is 59.4 Å². The summed E-state index contributed by atoms with van der Waals surface area (Å²) in [5, 5.41) is 0.710. The van der Waals surface area contributed by atoms with Crippen molar-refractivity contribution < 1.29 is 9.47 Å². The van der Waals surface area contributed by atoms with E-state index in [4.69, 9.17) is 21.1 Å². The van der Waals surface area contributed by atoms with E-state index in [1.54, 1.807) is 0 Å². The van der Waals surface area contributed by atoms with E-state index < -0.39 is 0 Å². The van der Waals surface area contributed by atoms with Gasteiger partial charge in [0.25, 0.3) is 0 Å². The van der Waals surface area contributed by atoms with Gasteiger partial charge in [0, 0.05) is 14.0 Å². The second kappa shape index (κ2) is 6.49. The van der Waals surface area contributed by atoms with Gasteiger partial charge in [0.05, 0.1) is 4.83 Å². The molecule has 3 rings (SSSR count). The smallest absolute Gasteiger partial charge is 0.162 e. The lowest BCUT2D eigenvalue weighted by molar-refractivity contribution is 0.171. The van der Waals surface area contributed by atoms with Gasteiger partial charge in [-0.05, 0) is 41.5 Å². The van der Waals surface area contributed by atoms with Crippen molar-refractivity contribution in [1.82, 2.24) is 0 Å². The maximum atomic E-state index is 6.31. The summed E-state index contributed by atoms with van der Waals surface area (Å²) in [6.07, 6.45) is 0. The van der Waals surface area contributed by atoms with Crippen molar-refractivity contribution in [2.45, 2.75) is 4.83 Å². The van der Waals surface area contributed by atoms with Crippen LogP contribution >= 0.6 is 59.4 Å². The van der Waals surface area contributed by atoms with Crippen LogP contribution in [0.2, 0.25) is 5.02 Å². The molecule has 1 atom stereocenters. The molecule has 0 bridgehead atoms. The van der Waals surface area contributed by atoms with Gasteiger partial charge in [-0.3, -0.25) is 0 Å². The zero-order valence-corrected chi connectivity index (χ0v) is 16.2. The van der Waals surface area contributed by atoms with E-state index in [1.807, 2.05) is 30.3 Å². The molecule has 1 heterocycles. The Bertz CT molecular complexity index is 691. The number of halogens is 4. The summed E-state index contributed by atoms with van der Waals surface area (Å²) >= 11 is 17.1. The Labute approximate surface area is 153 Å². The van der Waals surface area contributed by atoms with Crippen LogP contribution in [0, 0.1) is 0 Å². The molecule has 2 nitrogen and oxygen atoms in total. The second-order valence-corrected chi connectivity index (χ2v) is 7.64. The lowest BCUT2D eigenvalue weighted by atomic mass is 10.0. The average Bonchev–Trinajstić information content (AvgIpc) is 2.48. The Kier molecular flexibility index (Phi) is 4.84. The Morgan fingerprint density at radius 3 is 2.33 bits per heavy atom. The van der Waals surface area contributed by atoms with E-state index in [-0.39, 0.29) is 4.83 Å². The number of fused-ring (bicyclic) bond motifs is 1. The molecular formula is C15H10Br3ClO2. The van der Waals surface area contributed by atoms with Crippen molar-refractivity contribution in [3.63, 3.8) is 0 Å². The van der Waals surface area contributed by atoms with Gasteiger partial charge < -0.3 is 9.47 Å². The van der Waals surface area contributed by atoms with E-state index in [1.165, 1.54) is 0 Å². The normalized spacial score (nSPS) is 14.9. The van der Waals surface area contributed by atoms with Crippen LogP contribution in [0.5, 0.6) is 11.5 Å². The highest BCUT2D eigenvalue weighted by Gasteiger charge is 2.21. The van der Waals surface area contributed by atoms with E-state index in [0.29, 0.717) is 18.2 Å². The molecule has 6 heteroatoms. The zero-order chi connectivity index (χ0) is 15.0. The van der Waals surface area contributed by atoms with Crippen molar-refractivity contribution in [2.24, 2.45) is 0 Å². The van der Waals surface area contributed by atoms with Gasteiger partial charge >= 0.3 is 0 Å². The molecule has 0 fully saturated rings.